The summed E-state index contributed by atoms with van der Waals surface area (Å²) >= 11 is 0. The molecular weight excluding hydrogens is 220 g/mol. The van der Waals surface area contributed by atoms with Gasteiger partial charge in [0.05, 0.1) is 6.04 Å². The van der Waals surface area contributed by atoms with Crippen molar-refractivity contribution in [1.29, 1.82) is 0 Å². The number of rotatable bonds is 8. The third-order valence-corrected chi connectivity index (χ3v) is 2.25. The van der Waals surface area contributed by atoms with Crippen LogP contribution in [0.1, 0.15) is 12.8 Å². The Balaban J connectivity index is 3.57. The number of nitrogens with two attached hydrogens (primary N) is 2. The van der Waals surface area contributed by atoms with E-state index in [2.05, 4.69) is 20.9 Å². The molecule has 0 saturated heterocycles. The summed E-state index contributed by atoms with van der Waals surface area (Å²) in [5.41, 5.74) is 11.2. The van der Waals surface area contributed by atoms with Crippen LogP contribution in [-0.4, -0.2) is 51.6 Å². The first-order valence-corrected chi connectivity index (χ1v) is 5.75. The summed E-state index contributed by atoms with van der Waals surface area (Å²) in [7, 11) is 3.45. The van der Waals surface area contributed by atoms with E-state index >= 15 is 0 Å². The van der Waals surface area contributed by atoms with Gasteiger partial charge >= 0.3 is 0 Å². The van der Waals surface area contributed by atoms with Gasteiger partial charge in [0.1, 0.15) is 0 Å². The number of likely N-dealkylation sites (N-methyl/N-ethyl adjacent to an activating group) is 1. The van der Waals surface area contributed by atoms with Crippen molar-refractivity contribution in [3.63, 3.8) is 0 Å². The van der Waals surface area contributed by atoms with Crippen LogP contribution in [0.5, 0.6) is 0 Å². The third-order valence-electron chi connectivity index (χ3n) is 2.25. The second-order valence-electron chi connectivity index (χ2n) is 3.68. The fourth-order valence-corrected chi connectivity index (χ4v) is 1.19. The summed E-state index contributed by atoms with van der Waals surface area (Å²) in [6.45, 7) is 2.00. The van der Waals surface area contributed by atoms with Crippen molar-refractivity contribution < 1.29 is 4.79 Å². The molecular formula is C10H24N6O. The van der Waals surface area contributed by atoms with Gasteiger partial charge in [0.15, 0.2) is 5.96 Å². The fourth-order valence-electron chi connectivity index (χ4n) is 1.19. The normalized spacial score (nSPS) is 13.2. The largest absolute Gasteiger partial charge is 0.370 e. The summed E-state index contributed by atoms with van der Waals surface area (Å²) in [5.74, 6) is 0.287. The topological polar surface area (TPSA) is 118 Å². The van der Waals surface area contributed by atoms with E-state index in [4.69, 9.17) is 11.5 Å². The minimum atomic E-state index is -0.464. The van der Waals surface area contributed by atoms with E-state index in [1.807, 2.05) is 7.05 Å². The number of carbonyl (C=O) groups excluding carboxylic acids is 1. The summed E-state index contributed by atoms with van der Waals surface area (Å²) in [6, 6.07) is -0.464. The highest BCUT2D eigenvalue weighted by Crippen LogP contribution is 1.93. The maximum absolute atomic E-state index is 11.5. The number of nitrogens with zero attached hydrogens (tertiary/aromatic N) is 1. The number of hydrogen-bond acceptors (Lipinski definition) is 4. The van der Waals surface area contributed by atoms with Crippen molar-refractivity contribution >= 4 is 11.9 Å². The number of amides is 1. The Morgan fingerprint density at radius 1 is 1.29 bits per heavy atom. The second kappa shape index (κ2) is 9.86. The first-order chi connectivity index (χ1) is 8.11. The van der Waals surface area contributed by atoms with Crippen molar-refractivity contribution in [2.75, 3.05) is 33.7 Å². The highest BCUT2D eigenvalue weighted by atomic mass is 16.2. The van der Waals surface area contributed by atoms with Crippen LogP contribution in [0.15, 0.2) is 4.99 Å². The van der Waals surface area contributed by atoms with Gasteiger partial charge in [0.2, 0.25) is 5.91 Å². The van der Waals surface area contributed by atoms with Gasteiger partial charge in [-0.1, -0.05) is 0 Å². The Bertz CT molecular complexity index is 243. The summed E-state index contributed by atoms with van der Waals surface area (Å²) in [5, 5.41) is 8.60. The van der Waals surface area contributed by atoms with Crippen LogP contribution in [0.2, 0.25) is 0 Å². The molecule has 7 heteroatoms. The van der Waals surface area contributed by atoms with Crippen LogP contribution in [0.25, 0.3) is 0 Å². The van der Waals surface area contributed by atoms with Crippen LogP contribution in [0, 0.1) is 0 Å². The molecule has 0 saturated carbocycles. The standard InChI is InChI=1S/C10H24N6O/c1-13-6-7-15-9(17)8(11)4-3-5-16-10(12)14-2/h8,13H,3-7,11H2,1-2H3,(H,15,17)(H3,12,14,16)/t8-/m0/s1. The zero-order chi connectivity index (χ0) is 13.1. The highest BCUT2D eigenvalue weighted by molar-refractivity contribution is 5.81. The van der Waals surface area contributed by atoms with Gasteiger partial charge in [0.25, 0.3) is 0 Å². The number of nitrogens with one attached hydrogen (secondary N) is 3. The van der Waals surface area contributed by atoms with Gasteiger partial charge in [-0.15, -0.1) is 0 Å². The smallest absolute Gasteiger partial charge is 0.236 e. The Morgan fingerprint density at radius 2 is 2.00 bits per heavy atom. The molecule has 0 aliphatic heterocycles. The van der Waals surface area contributed by atoms with Crippen molar-refractivity contribution in [3.05, 3.63) is 0 Å². The quantitative estimate of drug-likeness (QED) is 0.192. The molecule has 0 spiro atoms. The maximum atomic E-state index is 11.5. The molecule has 0 fully saturated rings. The van der Waals surface area contributed by atoms with E-state index in [1.54, 1.807) is 7.05 Å². The molecule has 100 valence electrons. The molecule has 7 N–H and O–H groups in total. The third kappa shape index (κ3) is 8.47. The molecule has 0 aliphatic carbocycles. The lowest BCUT2D eigenvalue weighted by Crippen LogP contribution is -2.43. The fraction of sp³-hybridized carbons (Fsp3) is 0.800. The monoisotopic (exact) mass is 244 g/mol. The maximum Gasteiger partial charge on any atom is 0.236 e. The van der Waals surface area contributed by atoms with E-state index in [-0.39, 0.29) is 5.91 Å². The van der Waals surface area contributed by atoms with Crippen molar-refractivity contribution in [2.45, 2.75) is 18.9 Å². The first-order valence-electron chi connectivity index (χ1n) is 5.75. The molecule has 17 heavy (non-hydrogen) atoms. The van der Waals surface area contributed by atoms with Gasteiger partial charge in [-0.25, -0.2) is 0 Å². The van der Waals surface area contributed by atoms with Gasteiger partial charge in [0, 0.05) is 26.7 Å². The van der Waals surface area contributed by atoms with Crippen LogP contribution in [0.3, 0.4) is 0 Å². The molecule has 0 rings (SSSR count). The summed E-state index contributed by atoms with van der Waals surface area (Å²) < 4.78 is 0. The minimum absolute atomic E-state index is 0.114. The molecule has 0 aromatic rings. The Morgan fingerprint density at radius 3 is 2.59 bits per heavy atom. The zero-order valence-electron chi connectivity index (χ0n) is 10.6. The number of carbonyl (C=O) groups is 1. The van der Waals surface area contributed by atoms with E-state index in [1.165, 1.54) is 0 Å². The van der Waals surface area contributed by atoms with Gasteiger partial charge < -0.3 is 27.4 Å². The number of hydrogen-bond donors (Lipinski definition) is 5. The van der Waals surface area contributed by atoms with E-state index in [0.717, 1.165) is 13.0 Å². The Kier molecular flexibility index (Phi) is 9.08. The average molecular weight is 244 g/mol. The van der Waals surface area contributed by atoms with Crippen LogP contribution in [-0.2, 0) is 4.79 Å². The van der Waals surface area contributed by atoms with Crippen molar-refractivity contribution in [2.24, 2.45) is 16.5 Å². The number of aliphatic imine (C=N–C) groups is 1. The van der Waals surface area contributed by atoms with Crippen LogP contribution >= 0.6 is 0 Å². The average Bonchev–Trinajstić information content (AvgIpc) is 2.34. The van der Waals surface area contributed by atoms with Crippen LogP contribution in [0.4, 0.5) is 0 Å². The van der Waals surface area contributed by atoms with E-state index in [9.17, 15) is 4.79 Å². The lowest BCUT2D eigenvalue weighted by molar-refractivity contribution is -0.122. The second-order valence-corrected chi connectivity index (χ2v) is 3.68. The molecule has 1 atom stereocenters. The predicted octanol–water partition coefficient (Wildman–Crippen LogP) is -2.04. The van der Waals surface area contributed by atoms with Crippen molar-refractivity contribution in [1.82, 2.24) is 16.0 Å². The Hall–Kier alpha value is -1.34. The molecule has 0 bridgehead atoms. The summed E-state index contributed by atoms with van der Waals surface area (Å²) in [6.07, 6.45) is 1.40. The van der Waals surface area contributed by atoms with Gasteiger partial charge in [-0.2, -0.15) is 0 Å². The van der Waals surface area contributed by atoms with Gasteiger partial charge in [-0.05, 0) is 19.9 Å². The van der Waals surface area contributed by atoms with Gasteiger partial charge in [-0.3, -0.25) is 9.79 Å². The number of guanidine groups is 1. The van der Waals surface area contributed by atoms with E-state index < -0.39 is 6.04 Å². The first kappa shape index (κ1) is 15.7. The molecule has 1 amide bonds. The molecule has 0 heterocycles. The molecule has 0 unspecified atom stereocenters. The molecule has 7 nitrogen and oxygen atoms in total. The molecule has 0 aromatic carbocycles. The SMILES string of the molecule is CN=C(N)NCCC[C@H](N)C(=O)NCCNC. The molecule has 0 aromatic heterocycles. The Labute approximate surface area is 102 Å². The van der Waals surface area contributed by atoms with E-state index in [0.29, 0.717) is 25.5 Å². The zero-order valence-corrected chi connectivity index (χ0v) is 10.6. The lowest BCUT2D eigenvalue weighted by Gasteiger charge is -2.12. The molecule has 0 radical (unpaired) electrons. The summed E-state index contributed by atoms with van der Waals surface area (Å²) in [4.78, 5) is 15.2. The lowest BCUT2D eigenvalue weighted by atomic mass is 10.1. The van der Waals surface area contributed by atoms with Crippen molar-refractivity contribution in [3.8, 4) is 0 Å². The molecule has 0 aliphatic rings. The highest BCUT2D eigenvalue weighted by Gasteiger charge is 2.11. The van der Waals surface area contributed by atoms with Crippen LogP contribution < -0.4 is 27.4 Å². The minimum Gasteiger partial charge on any atom is -0.370 e. The predicted molar refractivity (Wildman–Crippen MR) is 69.7 cm³/mol.